The number of anilines is 2. The van der Waals surface area contributed by atoms with Crippen LogP contribution in [0.4, 0.5) is 17.3 Å². The summed E-state index contributed by atoms with van der Waals surface area (Å²) in [6.45, 7) is 3.47. The van der Waals surface area contributed by atoms with Gasteiger partial charge in [0.15, 0.2) is 0 Å². The van der Waals surface area contributed by atoms with Crippen molar-refractivity contribution in [1.29, 1.82) is 5.26 Å². The third-order valence-electron chi connectivity index (χ3n) is 5.81. The lowest BCUT2D eigenvalue weighted by molar-refractivity contribution is -0.384. The molecule has 0 aliphatic heterocycles. The molecule has 0 fully saturated rings. The molecule has 5 rings (SSSR count). The molecular formula is C27H19N7O6S2. The van der Waals surface area contributed by atoms with Gasteiger partial charge in [-0.15, -0.1) is 11.3 Å². The first-order chi connectivity index (χ1) is 20.0. The van der Waals surface area contributed by atoms with Gasteiger partial charge in [0.25, 0.3) is 15.7 Å². The van der Waals surface area contributed by atoms with Crippen molar-refractivity contribution in [3.8, 4) is 17.3 Å². The first-order valence-corrected chi connectivity index (χ1v) is 14.4. The SMILES string of the molecule is Cc1cc(C)nc(NS(=O)(=O)c2ccc(N/C=C(/C#N)c3nc(-c4cc5cc([N+](=O)[O-])ccc5oc4=O)cs3)cc2)n1. The van der Waals surface area contributed by atoms with Crippen LogP contribution in [0.3, 0.4) is 0 Å². The van der Waals surface area contributed by atoms with Gasteiger partial charge in [-0.25, -0.2) is 32.9 Å². The van der Waals surface area contributed by atoms with E-state index in [0.717, 1.165) is 11.3 Å². The Balaban J connectivity index is 1.34. The first-order valence-electron chi connectivity index (χ1n) is 12.0. The van der Waals surface area contributed by atoms with E-state index in [1.165, 1.54) is 54.7 Å². The maximum absolute atomic E-state index is 12.8. The second-order valence-electron chi connectivity index (χ2n) is 8.88. The number of nitro benzene ring substituents is 1. The Morgan fingerprint density at radius 3 is 2.45 bits per heavy atom. The highest BCUT2D eigenvalue weighted by atomic mass is 32.2. The third-order valence-corrected chi connectivity index (χ3v) is 8.03. The number of nitriles is 1. The van der Waals surface area contributed by atoms with Crippen molar-refractivity contribution in [1.82, 2.24) is 15.0 Å². The lowest BCUT2D eigenvalue weighted by Gasteiger charge is -2.09. The summed E-state index contributed by atoms with van der Waals surface area (Å²) in [5.74, 6) is -0.0260. The summed E-state index contributed by atoms with van der Waals surface area (Å²) in [7, 11) is -3.94. The van der Waals surface area contributed by atoms with Gasteiger partial charge < -0.3 is 9.73 Å². The number of sulfonamides is 1. The maximum Gasteiger partial charge on any atom is 0.345 e. The Kier molecular flexibility index (Phi) is 7.49. The van der Waals surface area contributed by atoms with Crippen LogP contribution in [0.25, 0.3) is 27.8 Å². The molecule has 0 saturated carbocycles. The fourth-order valence-electron chi connectivity index (χ4n) is 3.90. The van der Waals surface area contributed by atoms with E-state index < -0.39 is 20.6 Å². The van der Waals surface area contributed by atoms with Crippen molar-refractivity contribution in [3.63, 3.8) is 0 Å². The van der Waals surface area contributed by atoms with E-state index in [1.807, 2.05) is 6.07 Å². The fraction of sp³-hybridized carbons (Fsp3) is 0.0741. The van der Waals surface area contributed by atoms with E-state index in [9.17, 15) is 28.6 Å². The molecule has 13 nitrogen and oxygen atoms in total. The average molecular weight is 602 g/mol. The van der Waals surface area contributed by atoms with Gasteiger partial charge in [-0.1, -0.05) is 0 Å². The first kappa shape index (κ1) is 28.1. The number of hydrogen-bond acceptors (Lipinski definition) is 12. The van der Waals surface area contributed by atoms with Crippen molar-refractivity contribution >= 4 is 55.2 Å². The molecule has 0 atom stereocenters. The van der Waals surface area contributed by atoms with Gasteiger partial charge in [-0.05, 0) is 56.3 Å². The Hall–Kier alpha value is -5.46. The van der Waals surface area contributed by atoms with Gasteiger partial charge in [0.2, 0.25) is 5.95 Å². The van der Waals surface area contributed by atoms with E-state index in [1.54, 1.807) is 25.3 Å². The number of nitrogens with zero attached hydrogens (tertiary/aromatic N) is 5. The zero-order valence-corrected chi connectivity index (χ0v) is 23.5. The normalized spacial score (nSPS) is 11.7. The van der Waals surface area contributed by atoms with E-state index in [-0.39, 0.29) is 38.9 Å². The van der Waals surface area contributed by atoms with Crippen LogP contribution in [0.2, 0.25) is 0 Å². The van der Waals surface area contributed by atoms with Crippen LogP contribution in [0, 0.1) is 35.3 Å². The molecule has 0 amide bonds. The van der Waals surface area contributed by atoms with Crippen LogP contribution in [0.1, 0.15) is 16.4 Å². The smallest absolute Gasteiger partial charge is 0.345 e. The minimum Gasteiger partial charge on any atom is -0.422 e. The third kappa shape index (κ3) is 5.99. The molecule has 42 heavy (non-hydrogen) atoms. The number of fused-ring (bicyclic) bond motifs is 1. The molecule has 3 aromatic heterocycles. The largest absolute Gasteiger partial charge is 0.422 e. The average Bonchev–Trinajstić information content (AvgIpc) is 3.42. The lowest BCUT2D eigenvalue weighted by atomic mass is 10.1. The summed E-state index contributed by atoms with van der Waals surface area (Å²) < 4.78 is 33.2. The summed E-state index contributed by atoms with van der Waals surface area (Å²) in [6, 6.07) is 14.9. The van der Waals surface area contributed by atoms with Crippen molar-refractivity contribution < 1.29 is 17.8 Å². The minimum atomic E-state index is -3.94. The molecule has 2 N–H and O–H groups in total. The summed E-state index contributed by atoms with van der Waals surface area (Å²) >= 11 is 1.11. The van der Waals surface area contributed by atoms with E-state index >= 15 is 0 Å². The highest BCUT2D eigenvalue weighted by Gasteiger charge is 2.17. The van der Waals surface area contributed by atoms with Gasteiger partial charge in [-0.3, -0.25) is 10.1 Å². The number of nitro groups is 1. The molecule has 0 aliphatic rings. The highest BCUT2D eigenvalue weighted by Crippen LogP contribution is 2.28. The molecule has 3 heterocycles. The summed E-state index contributed by atoms with van der Waals surface area (Å²) in [4.78, 5) is 35.7. The molecule has 210 valence electrons. The molecular weight excluding hydrogens is 582 g/mol. The number of non-ortho nitro benzene ring substituents is 1. The molecule has 0 unspecified atom stereocenters. The molecule has 15 heteroatoms. The zero-order chi connectivity index (χ0) is 30.0. The van der Waals surface area contributed by atoms with E-state index in [2.05, 4.69) is 25.0 Å². The van der Waals surface area contributed by atoms with Gasteiger partial charge in [0, 0.05) is 46.2 Å². The van der Waals surface area contributed by atoms with Crippen molar-refractivity contribution in [2.24, 2.45) is 0 Å². The van der Waals surface area contributed by atoms with Crippen LogP contribution < -0.4 is 15.7 Å². The number of thiazole rings is 1. The molecule has 0 spiro atoms. The van der Waals surface area contributed by atoms with Gasteiger partial charge in [0.1, 0.15) is 22.2 Å². The van der Waals surface area contributed by atoms with E-state index in [0.29, 0.717) is 27.5 Å². The predicted molar refractivity (Wildman–Crippen MR) is 156 cm³/mol. The quantitative estimate of drug-likeness (QED) is 0.105. The van der Waals surface area contributed by atoms with Crippen LogP contribution in [-0.4, -0.2) is 28.3 Å². The van der Waals surface area contributed by atoms with Crippen LogP contribution in [0.15, 0.2) is 80.3 Å². The summed E-state index contributed by atoms with van der Waals surface area (Å²) in [5, 5.41) is 26.0. The molecule has 0 bridgehead atoms. The lowest BCUT2D eigenvalue weighted by Crippen LogP contribution is -2.15. The number of aromatic nitrogens is 3. The van der Waals surface area contributed by atoms with Gasteiger partial charge >= 0.3 is 5.63 Å². The number of aryl methyl sites for hydroxylation is 2. The second-order valence-corrected chi connectivity index (χ2v) is 11.4. The standard InChI is InChI=1S/C27H19N7O6S2/c1-15-9-16(2)31-27(30-15)33-42(38,39)21-6-3-19(4-7-21)29-13-18(12-28)25-32-23(14-41-25)22-11-17-10-20(34(36)37)5-8-24(17)40-26(22)35/h3-11,13-14,29H,1-2H3,(H,30,31,33)/b18-13-. The van der Waals surface area contributed by atoms with Crippen LogP contribution in [-0.2, 0) is 10.0 Å². The number of nitrogens with one attached hydrogen (secondary N) is 2. The summed E-state index contributed by atoms with van der Waals surface area (Å²) in [6.07, 6.45) is 1.40. The summed E-state index contributed by atoms with van der Waals surface area (Å²) in [5.41, 5.74) is 1.59. The topological polar surface area (TPSA) is 194 Å². The van der Waals surface area contributed by atoms with E-state index in [4.69, 9.17) is 4.42 Å². The highest BCUT2D eigenvalue weighted by molar-refractivity contribution is 7.92. The number of benzene rings is 2. The minimum absolute atomic E-state index is 0.00981. The van der Waals surface area contributed by atoms with Gasteiger partial charge in [-0.2, -0.15) is 5.26 Å². The number of rotatable bonds is 8. The predicted octanol–water partition coefficient (Wildman–Crippen LogP) is 5.01. The zero-order valence-electron chi connectivity index (χ0n) is 21.9. The fourth-order valence-corrected chi connectivity index (χ4v) is 5.63. The molecule has 0 saturated heterocycles. The van der Waals surface area contributed by atoms with Crippen molar-refractivity contribution in [2.45, 2.75) is 18.7 Å². The Labute approximate surface area is 242 Å². The molecule has 0 aliphatic carbocycles. The molecule has 2 aromatic carbocycles. The Morgan fingerprint density at radius 1 is 1.07 bits per heavy atom. The van der Waals surface area contributed by atoms with Crippen molar-refractivity contribution in [2.75, 3.05) is 10.0 Å². The number of allylic oxidation sites excluding steroid dienone is 1. The number of hydrogen-bond donors (Lipinski definition) is 2. The maximum atomic E-state index is 12.8. The van der Waals surface area contributed by atoms with Crippen LogP contribution in [0.5, 0.6) is 0 Å². The molecule has 0 radical (unpaired) electrons. The van der Waals surface area contributed by atoms with Gasteiger partial charge in [0.05, 0.1) is 21.1 Å². The Bertz CT molecular complexity index is 2080. The van der Waals surface area contributed by atoms with Crippen LogP contribution >= 0.6 is 11.3 Å². The second kappa shape index (κ2) is 11.2. The monoisotopic (exact) mass is 601 g/mol. The van der Waals surface area contributed by atoms with Crippen molar-refractivity contribution in [3.05, 3.63) is 103 Å². The Morgan fingerprint density at radius 2 is 1.79 bits per heavy atom. The molecule has 5 aromatic rings.